The van der Waals surface area contributed by atoms with Crippen molar-refractivity contribution < 1.29 is 4.79 Å². The maximum atomic E-state index is 11.4. The minimum atomic E-state index is -1.34. The highest BCUT2D eigenvalue weighted by atomic mass is 35.5. The minimum Gasteiger partial charge on any atom is -0.338 e. The fourth-order valence-corrected chi connectivity index (χ4v) is 1.38. The predicted octanol–water partition coefficient (Wildman–Crippen LogP) is 2.41. The number of hydrogen-bond acceptors (Lipinski definition) is 1. The summed E-state index contributed by atoms with van der Waals surface area (Å²) >= 11 is 17.2. The molecule has 0 aromatic carbocycles. The lowest BCUT2D eigenvalue weighted by Gasteiger charge is -2.31. The molecule has 0 radical (unpaired) electrons. The van der Waals surface area contributed by atoms with Crippen LogP contribution in [0.2, 0.25) is 0 Å². The van der Waals surface area contributed by atoms with Gasteiger partial charge >= 0.3 is 6.03 Å². The van der Waals surface area contributed by atoms with Gasteiger partial charge in [0, 0.05) is 13.1 Å². The number of carbonyl (C=O) groups is 1. The first-order valence-electron chi connectivity index (χ1n) is 3.98. The second-order valence-corrected chi connectivity index (χ2v) is 4.09. The van der Waals surface area contributed by atoms with Crippen molar-refractivity contribution in [3.05, 3.63) is 0 Å². The van der Waals surface area contributed by atoms with Crippen molar-refractivity contribution in [2.75, 3.05) is 19.0 Å². The summed E-state index contributed by atoms with van der Waals surface area (Å²) < 4.78 is -1.34. The Morgan fingerprint density at radius 2 is 2.00 bits per heavy atom. The fraction of sp³-hybridized carbons (Fsp3) is 0.857. The van der Waals surface area contributed by atoms with Crippen LogP contribution in [-0.2, 0) is 0 Å². The van der Waals surface area contributed by atoms with E-state index in [4.69, 9.17) is 34.8 Å². The highest BCUT2D eigenvalue weighted by Gasteiger charge is 2.33. The number of hydrogen-bond donors (Lipinski definition) is 1. The molecule has 1 N–H and O–H groups in total. The number of nitrogens with one attached hydrogen (secondary N) is 1. The Kier molecular flexibility index (Phi) is 5.85. The van der Waals surface area contributed by atoms with Crippen molar-refractivity contribution in [2.45, 2.75) is 18.3 Å². The average molecular weight is 248 g/mol. The average Bonchev–Trinajstić information content (AvgIpc) is 2.05. The zero-order valence-corrected chi connectivity index (χ0v) is 9.88. The van der Waals surface area contributed by atoms with E-state index in [0.717, 1.165) is 0 Å². The van der Waals surface area contributed by atoms with E-state index < -0.39 is 4.46 Å². The van der Waals surface area contributed by atoms with Crippen LogP contribution in [-0.4, -0.2) is 34.4 Å². The molecule has 0 aliphatic carbocycles. The van der Waals surface area contributed by atoms with Crippen molar-refractivity contribution in [2.24, 2.45) is 0 Å². The highest BCUT2D eigenvalue weighted by molar-refractivity contribution is 6.51. The topological polar surface area (TPSA) is 32.3 Å². The van der Waals surface area contributed by atoms with Crippen LogP contribution in [0.5, 0.6) is 0 Å². The van der Waals surface area contributed by atoms with Crippen LogP contribution >= 0.6 is 34.8 Å². The Hall–Kier alpha value is 0.140. The third kappa shape index (κ3) is 3.79. The Balaban J connectivity index is 4.40. The Morgan fingerprint density at radius 3 is 2.31 bits per heavy atom. The van der Waals surface area contributed by atoms with Gasteiger partial charge in [-0.25, -0.2) is 4.79 Å². The largest absolute Gasteiger partial charge is 0.338 e. The molecule has 3 nitrogen and oxygen atoms in total. The molecule has 0 spiro atoms. The molecule has 78 valence electrons. The second-order valence-electron chi connectivity index (χ2n) is 2.38. The third-order valence-corrected chi connectivity index (χ3v) is 2.78. The summed E-state index contributed by atoms with van der Waals surface area (Å²) in [6.07, 6.45) is 0. The molecule has 0 aliphatic heterocycles. The molecule has 0 aliphatic rings. The summed E-state index contributed by atoms with van der Waals surface area (Å²) in [6, 6.07) is -0.310. The van der Waals surface area contributed by atoms with Crippen molar-refractivity contribution in [3.8, 4) is 0 Å². The summed E-state index contributed by atoms with van der Waals surface area (Å²) in [4.78, 5) is 12.6. The first-order valence-corrected chi connectivity index (χ1v) is 5.27. The van der Waals surface area contributed by atoms with E-state index in [-0.39, 0.29) is 11.9 Å². The van der Waals surface area contributed by atoms with Gasteiger partial charge in [-0.3, -0.25) is 4.90 Å². The summed E-state index contributed by atoms with van der Waals surface area (Å²) in [7, 11) is 0. The van der Waals surface area contributed by atoms with Gasteiger partial charge < -0.3 is 5.32 Å². The Bertz CT molecular complexity index is 175. The zero-order chi connectivity index (χ0) is 10.5. The molecule has 2 amide bonds. The van der Waals surface area contributed by atoms with Crippen LogP contribution in [0.1, 0.15) is 13.8 Å². The van der Waals surface area contributed by atoms with E-state index >= 15 is 0 Å². The number of amides is 2. The number of carbonyl (C=O) groups excluding carboxylic acids is 1. The van der Waals surface area contributed by atoms with Gasteiger partial charge in [0.15, 0.2) is 0 Å². The van der Waals surface area contributed by atoms with Crippen LogP contribution in [0.4, 0.5) is 4.79 Å². The quantitative estimate of drug-likeness (QED) is 0.600. The molecule has 0 aromatic rings. The van der Waals surface area contributed by atoms with E-state index in [1.165, 1.54) is 4.90 Å². The summed E-state index contributed by atoms with van der Waals surface area (Å²) in [6.45, 7) is 4.53. The summed E-state index contributed by atoms with van der Waals surface area (Å²) in [5.74, 6) is -0.0267. The fourth-order valence-electron chi connectivity index (χ4n) is 0.842. The van der Waals surface area contributed by atoms with Gasteiger partial charge in [0.2, 0.25) is 4.46 Å². The Labute approximate surface area is 93.3 Å². The van der Waals surface area contributed by atoms with E-state index in [1.807, 2.05) is 6.92 Å². The molecule has 13 heavy (non-hydrogen) atoms. The van der Waals surface area contributed by atoms with E-state index in [9.17, 15) is 4.79 Å². The molecule has 0 rings (SSSR count). The third-order valence-electron chi connectivity index (χ3n) is 1.45. The molecular weight excluding hydrogens is 234 g/mol. The molecule has 0 bridgehead atoms. The highest BCUT2D eigenvalue weighted by Crippen LogP contribution is 2.27. The van der Waals surface area contributed by atoms with Crippen molar-refractivity contribution in [1.82, 2.24) is 10.2 Å². The lowest BCUT2D eigenvalue weighted by Crippen LogP contribution is -2.50. The molecule has 0 saturated carbocycles. The van der Waals surface area contributed by atoms with Crippen LogP contribution in [0.15, 0.2) is 0 Å². The number of nitrogens with zero attached hydrogens (tertiary/aromatic N) is 1. The number of rotatable bonds is 4. The molecule has 6 heteroatoms. The number of alkyl halides is 3. The lowest BCUT2D eigenvalue weighted by molar-refractivity contribution is 0.192. The molecule has 0 aromatic heterocycles. The van der Waals surface area contributed by atoms with Crippen LogP contribution < -0.4 is 5.32 Å². The van der Waals surface area contributed by atoms with Gasteiger partial charge in [-0.15, -0.1) is 11.6 Å². The standard InChI is InChI=1S/C7H13Cl3N2O/c1-3-11-6(13)12(4-2)7(9,10)5-8/h3-5H2,1-2H3,(H,11,13). The maximum Gasteiger partial charge on any atom is 0.319 e. The van der Waals surface area contributed by atoms with Gasteiger partial charge in [0.1, 0.15) is 0 Å². The monoisotopic (exact) mass is 246 g/mol. The number of urea groups is 1. The van der Waals surface area contributed by atoms with Crippen LogP contribution in [0, 0.1) is 0 Å². The second kappa shape index (κ2) is 5.78. The first kappa shape index (κ1) is 13.1. The lowest BCUT2D eigenvalue weighted by atomic mass is 10.5. The van der Waals surface area contributed by atoms with Crippen LogP contribution in [0.25, 0.3) is 0 Å². The molecule has 0 heterocycles. The van der Waals surface area contributed by atoms with Gasteiger partial charge in [-0.1, -0.05) is 23.2 Å². The van der Waals surface area contributed by atoms with Crippen molar-refractivity contribution >= 4 is 40.8 Å². The Morgan fingerprint density at radius 1 is 1.46 bits per heavy atom. The normalized spacial score (nSPS) is 11.2. The van der Waals surface area contributed by atoms with Gasteiger partial charge in [0.25, 0.3) is 0 Å². The molecular formula is C7H13Cl3N2O. The zero-order valence-electron chi connectivity index (χ0n) is 7.61. The van der Waals surface area contributed by atoms with Crippen molar-refractivity contribution in [3.63, 3.8) is 0 Å². The first-order chi connectivity index (χ1) is 5.99. The predicted molar refractivity (Wildman–Crippen MR) is 56.6 cm³/mol. The summed E-state index contributed by atoms with van der Waals surface area (Å²) in [5.41, 5.74) is 0. The molecule has 0 fully saturated rings. The molecule has 0 atom stereocenters. The van der Waals surface area contributed by atoms with Crippen LogP contribution in [0.3, 0.4) is 0 Å². The van der Waals surface area contributed by atoms with Gasteiger partial charge in [0.05, 0.1) is 5.88 Å². The molecule has 0 saturated heterocycles. The van der Waals surface area contributed by atoms with E-state index in [2.05, 4.69) is 5.32 Å². The minimum absolute atomic E-state index is 0.0267. The van der Waals surface area contributed by atoms with Gasteiger partial charge in [-0.2, -0.15) is 0 Å². The smallest absolute Gasteiger partial charge is 0.319 e. The SMILES string of the molecule is CCNC(=O)N(CC)C(Cl)(Cl)CCl. The maximum absolute atomic E-state index is 11.4. The van der Waals surface area contributed by atoms with E-state index in [0.29, 0.717) is 13.1 Å². The summed E-state index contributed by atoms with van der Waals surface area (Å²) in [5, 5.41) is 2.60. The number of halogens is 3. The van der Waals surface area contributed by atoms with Gasteiger partial charge in [-0.05, 0) is 13.8 Å². The molecule has 0 unspecified atom stereocenters. The van der Waals surface area contributed by atoms with Crippen molar-refractivity contribution in [1.29, 1.82) is 0 Å². The van der Waals surface area contributed by atoms with E-state index in [1.54, 1.807) is 6.92 Å².